The molecule has 0 amide bonds. The summed E-state index contributed by atoms with van der Waals surface area (Å²) in [5, 5.41) is 6.47. The first-order valence-electron chi connectivity index (χ1n) is 8.46. The largest absolute Gasteiger partial charge is 0.304 e. The van der Waals surface area contributed by atoms with E-state index in [-0.39, 0.29) is 5.28 Å². The van der Waals surface area contributed by atoms with E-state index in [0.29, 0.717) is 0 Å². The fourth-order valence-corrected chi connectivity index (χ4v) is 6.23. The van der Waals surface area contributed by atoms with Crippen molar-refractivity contribution < 1.29 is 0 Å². The molecule has 1 atom stereocenters. The van der Waals surface area contributed by atoms with Crippen LogP contribution in [0.15, 0.2) is 91.0 Å². The average molecular weight is 333 g/mol. The van der Waals surface area contributed by atoms with Crippen molar-refractivity contribution in [2.24, 2.45) is 0 Å². The lowest BCUT2D eigenvalue weighted by molar-refractivity contribution is 0.536. The number of benzene rings is 3. The summed E-state index contributed by atoms with van der Waals surface area (Å²) in [6.45, 7) is 5.46. The Morgan fingerprint density at radius 3 is 1.54 bits per heavy atom. The van der Waals surface area contributed by atoms with Crippen molar-refractivity contribution >= 4 is 18.5 Å². The van der Waals surface area contributed by atoms with Gasteiger partial charge in [0.15, 0.2) is 0 Å². The van der Waals surface area contributed by atoms with Crippen LogP contribution in [0.25, 0.3) is 0 Å². The van der Waals surface area contributed by atoms with Crippen LogP contribution in [0.4, 0.5) is 0 Å². The molecule has 2 heteroatoms. The summed E-state index contributed by atoms with van der Waals surface area (Å²) in [5.74, 6) is 0. The van der Waals surface area contributed by atoms with Gasteiger partial charge in [0.2, 0.25) is 0 Å². The highest BCUT2D eigenvalue weighted by Gasteiger charge is 2.37. The van der Waals surface area contributed by atoms with Crippen molar-refractivity contribution in [2.75, 3.05) is 6.54 Å². The lowest BCUT2D eigenvalue weighted by Crippen LogP contribution is -2.42. The van der Waals surface area contributed by atoms with Crippen LogP contribution >= 0.6 is 7.92 Å². The second-order valence-electron chi connectivity index (χ2n) is 5.98. The standard InChI is InChI=1S/C22H24NP/c1-3-23-22(2,19-13-7-4-8-14-19)24(20-15-9-5-10-16-20)21-17-11-6-12-18-21/h4-18,23H,3H2,1-2H3. The normalized spacial score (nSPS) is 13.6. The van der Waals surface area contributed by atoms with Crippen LogP contribution in [-0.4, -0.2) is 6.54 Å². The third-order valence-corrected chi connectivity index (χ3v) is 7.27. The maximum atomic E-state index is 3.80. The first-order valence-corrected chi connectivity index (χ1v) is 9.81. The Kier molecular flexibility index (Phi) is 5.45. The Labute approximate surface area is 146 Å². The van der Waals surface area contributed by atoms with Crippen molar-refractivity contribution in [3.63, 3.8) is 0 Å². The molecule has 1 nitrogen and oxygen atoms in total. The zero-order chi connectivity index (χ0) is 16.8. The Morgan fingerprint density at radius 2 is 1.12 bits per heavy atom. The monoisotopic (exact) mass is 333 g/mol. The van der Waals surface area contributed by atoms with E-state index in [2.05, 4.69) is 110 Å². The van der Waals surface area contributed by atoms with E-state index in [0.717, 1.165) is 6.54 Å². The summed E-state index contributed by atoms with van der Waals surface area (Å²) in [4.78, 5) is 0. The molecule has 0 aliphatic rings. The summed E-state index contributed by atoms with van der Waals surface area (Å²) in [7, 11) is -0.590. The second kappa shape index (κ2) is 7.75. The van der Waals surface area contributed by atoms with Gasteiger partial charge in [-0.15, -0.1) is 0 Å². The summed E-state index contributed by atoms with van der Waals surface area (Å²) < 4.78 is 0. The fourth-order valence-electron chi connectivity index (χ4n) is 3.24. The highest BCUT2D eigenvalue weighted by molar-refractivity contribution is 7.74. The van der Waals surface area contributed by atoms with Gasteiger partial charge >= 0.3 is 0 Å². The molecule has 0 aliphatic heterocycles. The molecule has 0 spiro atoms. The molecular formula is C22H24NP. The third kappa shape index (κ3) is 3.43. The molecule has 0 fully saturated rings. The average Bonchev–Trinajstić information content (AvgIpc) is 2.65. The molecule has 0 aliphatic carbocycles. The number of rotatable bonds is 6. The first kappa shape index (κ1) is 16.9. The molecule has 0 heterocycles. The van der Waals surface area contributed by atoms with Gasteiger partial charge in [0.1, 0.15) is 0 Å². The maximum absolute atomic E-state index is 3.80. The molecule has 1 N–H and O–H groups in total. The van der Waals surface area contributed by atoms with Crippen LogP contribution in [-0.2, 0) is 5.28 Å². The molecule has 122 valence electrons. The maximum Gasteiger partial charge on any atom is 0.0689 e. The summed E-state index contributed by atoms with van der Waals surface area (Å²) in [6, 6.07) is 32.6. The zero-order valence-corrected chi connectivity index (χ0v) is 15.2. The lowest BCUT2D eigenvalue weighted by Gasteiger charge is -2.40. The van der Waals surface area contributed by atoms with E-state index < -0.39 is 7.92 Å². The van der Waals surface area contributed by atoms with Gasteiger partial charge in [0.25, 0.3) is 0 Å². The van der Waals surface area contributed by atoms with Crippen LogP contribution in [0.5, 0.6) is 0 Å². The molecule has 0 radical (unpaired) electrons. The molecule has 1 unspecified atom stereocenters. The smallest absolute Gasteiger partial charge is 0.0689 e. The number of nitrogens with one attached hydrogen (secondary N) is 1. The summed E-state index contributed by atoms with van der Waals surface area (Å²) in [6.07, 6.45) is 0. The molecule has 3 rings (SSSR count). The van der Waals surface area contributed by atoms with E-state index in [9.17, 15) is 0 Å². The minimum atomic E-state index is -0.590. The van der Waals surface area contributed by atoms with Crippen LogP contribution in [0.1, 0.15) is 19.4 Å². The lowest BCUT2D eigenvalue weighted by atomic mass is 10.1. The predicted molar refractivity (Wildman–Crippen MR) is 107 cm³/mol. The van der Waals surface area contributed by atoms with Gasteiger partial charge in [0, 0.05) is 0 Å². The Hall–Kier alpha value is -1.95. The van der Waals surface area contributed by atoms with E-state index in [1.165, 1.54) is 16.2 Å². The van der Waals surface area contributed by atoms with Crippen molar-refractivity contribution in [1.29, 1.82) is 0 Å². The van der Waals surface area contributed by atoms with Gasteiger partial charge in [0.05, 0.1) is 5.28 Å². The van der Waals surface area contributed by atoms with E-state index >= 15 is 0 Å². The van der Waals surface area contributed by atoms with Gasteiger partial charge in [-0.3, -0.25) is 0 Å². The molecule has 0 saturated heterocycles. The SMILES string of the molecule is CCNC(C)(c1ccccc1)P(c1ccccc1)c1ccccc1. The minimum Gasteiger partial charge on any atom is -0.304 e. The molecule has 0 saturated carbocycles. The summed E-state index contributed by atoms with van der Waals surface area (Å²) in [5.41, 5.74) is 1.34. The highest BCUT2D eigenvalue weighted by atomic mass is 31.1. The minimum absolute atomic E-state index is 0.117. The van der Waals surface area contributed by atoms with Crippen molar-refractivity contribution in [3.8, 4) is 0 Å². The van der Waals surface area contributed by atoms with Crippen LogP contribution < -0.4 is 15.9 Å². The van der Waals surface area contributed by atoms with E-state index in [1.54, 1.807) is 0 Å². The highest BCUT2D eigenvalue weighted by Crippen LogP contribution is 2.52. The Bertz CT molecular complexity index is 703. The van der Waals surface area contributed by atoms with Gasteiger partial charge < -0.3 is 5.32 Å². The van der Waals surface area contributed by atoms with Crippen LogP contribution in [0.2, 0.25) is 0 Å². The number of hydrogen-bond donors (Lipinski definition) is 1. The molecule has 3 aromatic carbocycles. The Morgan fingerprint density at radius 1 is 0.708 bits per heavy atom. The van der Waals surface area contributed by atoms with Crippen molar-refractivity contribution in [2.45, 2.75) is 19.1 Å². The van der Waals surface area contributed by atoms with E-state index in [1.807, 2.05) is 0 Å². The van der Waals surface area contributed by atoms with Gasteiger partial charge in [-0.25, -0.2) is 0 Å². The predicted octanol–water partition coefficient (Wildman–Crippen LogP) is 4.60. The van der Waals surface area contributed by atoms with Crippen molar-refractivity contribution in [3.05, 3.63) is 96.6 Å². The van der Waals surface area contributed by atoms with E-state index in [4.69, 9.17) is 0 Å². The molecule has 3 aromatic rings. The molecule has 0 aromatic heterocycles. The third-order valence-electron chi connectivity index (χ3n) is 4.33. The number of hydrogen-bond acceptors (Lipinski definition) is 1. The summed E-state index contributed by atoms with van der Waals surface area (Å²) >= 11 is 0. The van der Waals surface area contributed by atoms with Crippen LogP contribution in [0.3, 0.4) is 0 Å². The molecule has 24 heavy (non-hydrogen) atoms. The first-order chi connectivity index (χ1) is 11.8. The van der Waals surface area contributed by atoms with Crippen molar-refractivity contribution in [1.82, 2.24) is 5.32 Å². The van der Waals surface area contributed by atoms with Gasteiger partial charge in [-0.05, 0) is 37.6 Å². The molecular weight excluding hydrogens is 309 g/mol. The zero-order valence-electron chi connectivity index (χ0n) is 14.3. The second-order valence-corrected chi connectivity index (χ2v) is 8.57. The fraction of sp³-hybridized carbons (Fsp3) is 0.182. The molecule has 0 bridgehead atoms. The Balaban J connectivity index is 2.19. The van der Waals surface area contributed by atoms with Gasteiger partial charge in [-0.2, -0.15) is 0 Å². The van der Waals surface area contributed by atoms with Gasteiger partial charge in [-0.1, -0.05) is 97.9 Å². The van der Waals surface area contributed by atoms with Crippen LogP contribution in [0, 0.1) is 0 Å². The quantitative estimate of drug-likeness (QED) is 0.650. The topological polar surface area (TPSA) is 12.0 Å².